The monoisotopic (exact) mass is 404 g/mol. The molecule has 0 bridgehead atoms. The Balaban J connectivity index is 1.74. The van der Waals surface area contributed by atoms with Crippen molar-refractivity contribution in [1.29, 1.82) is 5.26 Å². The Kier molecular flexibility index (Phi) is 6.48. The van der Waals surface area contributed by atoms with Crippen LogP contribution in [0.5, 0.6) is 0 Å². The molecule has 7 nitrogen and oxygen atoms in total. The minimum absolute atomic E-state index is 0.288. The summed E-state index contributed by atoms with van der Waals surface area (Å²) in [5, 5.41) is 14.3. The summed E-state index contributed by atoms with van der Waals surface area (Å²) in [5.41, 5.74) is 0.947. The van der Waals surface area contributed by atoms with Crippen molar-refractivity contribution in [1.82, 2.24) is 10.2 Å². The second-order valence-corrected chi connectivity index (χ2v) is 7.28. The van der Waals surface area contributed by atoms with Crippen molar-refractivity contribution < 1.29 is 14.4 Å². The summed E-state index contributed by atoms with van der Waals surface area (Å²) in [7, 11) is 0. The van der Waals surface area contributed by atoms with Crippen LogP contribution in [-0.2, 0) is 21.5 Å². The molecule has 7 heteroatoms. The second kappa shape index (κ2) is 9.23. The minimum atomic E-state index is -1.15. The molecule has 0 aliphatic carbocycles. The third-order valence-electron chi connectivity index (χ3n) is 5.17. The van der Waals surface area contributed by atoms with E-state index in [2.05, 4.69) is 16.7 Å². The van der Waals surface area contributed by atoms with Gasteiger partial charge in [0.1, 0.15) is 12.1 Å². The SMILES string of the molecule is CCCCC1(c2ccccc2)NC(=O)N(CC(=O)Nc2ccc(CC#N)cc2)C1=O. The first kappa shape index (κ1) is 21.1. The molecule has 2 N–H and O–H groups in total. The van der Waals surface area contributed by atoms with Gasteiger partial charge in [-0.3, -0.25) is 14.5 Å². The van der Waals surface area contributed by atoms with Gasteiger partial charge in [-0.25, -0.2) is 4.79 Å². The number of urea groups is 1. The Bertz CT molecular complexity index is 966. The molecule has 30 heavy (non-hydrogen) atoms. The number of nitrogens with zero attached hydrogens (tertiary/aromatic N) is 2. The van der Waals surface area contributed by atoms with E-state index in [1.165, 1.54) is 0 Å². The van der Waals surface area contributed by atoms with Crippen molar-refractivity contribution >= 4 is 23.5 Å². The van der Waals surface area contributed by atoms with Crippen molar-refractivity contribution in [2.75, 3.05) is 11.9 Å². The first-order valence-electron chi connectivity index (χ1n) is 9.95. The summed E-state index contributed by atoms with van der Waals surface area (Å²) >= 11 is 0. The molecule has 1 unspecified atom stereocenters. The lowest BCUT2D eigenvalue weighted by Gasteiger charge is -2.27. The van der Waals surface area contributed by atoms with E-state index in [1.54, 1.807) is 24.3 Å². The highest BCUT2D eigenvalue weighted by atomic mass is 16.2. The van der Waals surface area contributed by atoms with E-state index >= 15 is 0 Å². The van der Waals surface area contributed by atoms with Gasteiger partial charge in [-0.15, -0.1) is 0 Å². The number of anilines is 1. The van der Waals surface area contributed by atoms with Crippen LogP contribution in [0.3, 0.4) is 0 Å². The fraction of sp³-hybridized carbons (Fsp3) is 0.304. The van der Waals surface area contributed by atoms with Crippen LogP contribution >= 0.6 is 0 Å². The zero-order valence-electron chi connectivity index (χ0n) is 16.9. The van der Waals surface area contributed by atoms with E-state index in [0.29, 0.717) is 17.7 Å². The van der Waals surface area contributed by atoms with Gasteiger partial charge in [0.05, 0.1) is 12.5 Å². The van der Waals surface area contributed by atoms with E-state index in [4.69, 9.17) is 5.26 Å². The smallest absolute Gasteiger partial charge is 0.325 e. The molecule has 0 aromatic heterocycles. The Morgan fingerprint density at radius 1 is 1.13 bits per heavy atom. The van der Waals surface area contributed by atoms with Crippen molar-refractivity contribution in [3.8, 4) is 6.07 Å². The van der Waals surface area contributed by atoms with E-state index < -0.39 is 23.4 Å². The highest BCUT2D eigenvalue weighted by Crippen LogP contribution is 2.34. The number of amides is 4. The van der Waals surface area contributed by atoms with Gasteiger partial charge < -0.3 is 10.6 Å². The standard InChI is InChI=1S/C23H24N4O3/c1-2-3-14-23(18-7-5-4-6-8-18)21(29)27(22(30)26-23)16-20(28)25-19-11-9-17(10-12-19)13-15-24/h4-12H,2-3,13-14,16H2,1H3,(H,25,28)(H,26,30). The summed E-state index contributed by atoms with van der Waals surface area (Å²) in [4.78, 5) is 39.4. The fourth-order valence-electron chi connectivity index (χ4n) is 3.59. The molecule has 0 spiro atoms. The van der Waals surface area contributed by atoms with Crippen LogP contribution in [0, 0.1) is 11.3 Å². The lowest BCUT2D eigenvalue weighted by molar-refractivity contribution is -0.134. The molecule has 1 aliphatic rings. The number of benzene rings is 2. The molecule has 0 saturated carbocycles. The van der Waals surface area contributed by atoms with Gasteiger partial charge in [-0.05, 0) is 29.7 Å². The molecule has 2 aromatic carbocycles. The predicted octanol–water partition coefficient (Wildman–Crippen LogP) is 3.33. The van der Waals surface area contributed by atoms with Crippen LogP contribution in [0.4, 0.5) is 10.5 Å². The van der Waals surface area contributed by atoms with Crippen LogP contribution < -0.4 is 10.6 Å². The topological polar surface area (TPSA) is 102 Å². The molecular weight excluding hydrogens is 380 g/mol. The van der Waals surface area contributed by atoms with Crippen LogP contribution in [0.25, 0.3) is 0 Å². The summed E-state index contributed by atoms with van der Waals surface area (Å²) in [6.45, 7) is 1.65. The van der Waals surface area contributed by atoms with Gasteiger partial charge in [0.15, 0.2) is 0 Å². The summed E-state index contributed by atoms with van der Waals surface area (Å²) in [6.07, 6.45) is 2.39. The van der Waals surface area contributed by atoms with Gasteiger partial charge in [0.25, 0.3) is 5.91 Å². The summed E-state index contributed by atoms with van der Waals surface area (Å²) in [6, 6.07) is 17.5. The quantitative estimate of drug-likeness (QED) is 0.659. The minimum Gasteiger partial charge on any atom is -0.325 e. The average Bonchev–Trinajstić information content (AvgIpc) is 2.99. The highest BCUT2D eigenvalue weighted by molar-refractivity contribution is 6.10. The Morgan fingerprint density at radius 3 is 2.47 bits per heavy atom. The average molecular weight is 404 g/mol. The molecule has 4 amide bonds. The number of rotatable bonds is 8. The Labute approximate surface area is 175 Å². The Morgan fingerprint density at radius 2 is 1.83 bits per heavy atom. The fourth-order valence-corrected chi connectivity index (χ4v) is 3.59. The van der Waals surface area contributed by atoms with Crippen LogP contribution in [0.15, 0.2) is 54.6 Å². The molecule has 2 aromatic rings. The summed E-state index contributed by atoms with van der Waals surface area (Å²) < 4.78 is 0. The lowest BCUT2D eigenvalue weighted by Crippen LogP contribution is -2.44. The maximum atomic E-state index is 13.3. The molecule has 3 rings (SSSR count). The Hall–Kier alpha value is -3.66. The first-order valence-corrected chi connectivity index (χ1v) is 9.95. The number of imide groups is 1. The van der Waals surface area contributed by atoms with Crippen LogP contribution in [0.2, 0.25) is 0 Å². The lowest BCUT2D eigenvalue weighted by atomic mass is 9.85. The number of hydrogen-bond donors (Lipinski definition) is 2. The van der Waals surface area contributed by atoms with Crippen molar-refractivity contribution in [2.45, 2.75) is 38.1 Å². The van der Waals surface area contributed by atoms with E-state index in [1.807, 2.05) is 37.3 Å². The van der Waals surface area contributed by atoms with Crippen molar-refractivity contribution in [2.24, 2.45) is 0 Å². The van der Waals surface area contributed by atoms with Gasteiger partial charge in [0.2, 0.25) is 5.91 Å². The number of unbranched alkanes of at least 4 members (excludes halogenated alkanes) is 1. The predicted molar refractivity (Wildman–Crippen MR) is 112 cm³/mol. The molecule has 0 radical (unpaired) electrons. The number of carbonyl (C=O) groups excluding carboxylic acids is 3. The number of carbonyl (C=O) groups is 3. The highest BCUT2D eigenvalue weighted by Gasteiger charge is 2.52. The largest absolute Gasteiger partial charge is 0.325 e. The van der Waals surface area contributed by atoms with E-state index in [-0.39, 0.29) is 13.0 Å². The van der Waals surface area contributed by atoms with Gasteiger partial charge in [-0.1, -0.05) is 62.2 Å². The van der Waals surface area contributed by atoms with Crippen molar-refractivity contribution in [3.63, 3.8) is 0 Å². The molecular formula is C23H24N4O3. The number of hydrogen-bond acceptors (Lipinski definition) is 4. The number of nitrogens with one attached hydrogen (secondary N) is 2. The van der Waals surface area contributed by atoms with Gasteiger partial charge >= 0.3 is 6.03 Å². The van der Waals surface area contributed by atoms with Gasteiger partial charge in [-0.2, -0.15) is 5.26 Å². The molecule has 1 saturated heterocycles. The number of nitriles is 1. The zero-order chi connectivity index (χ0) is 21.6. The third kappa shape index (κ3) is 4.33. The maximum absolute atomic E-state index is 13.3. The second-order valence-electron chi connectivity index (χ2n) is 7.28. The molecule has 1 fully saturated rings. The van der Waals surface area contributed by atoms with Gasteiger partial charge in [0, 0.05) is 5.69 Å². The van der Waals surface area contributed by atoms with Crippen LogP contribution in [-0.4, -0.2) is 29.3 Å². The third-order valence-corrected chi connectivity index (χ3v) is 5.17. The molecule has 1 heterocycles. The normalized spacial score (nSPS) is 18.1. The van der Waals surface area contributed by atoms with Crippen LogP contribution in [0.1, 0.15) is 37.3 Å². The zero-order valence-corrected chi connectivity index (χ0v) is 16.9. The van der Waals surface area contributed by atoms with E-state index in [0.717, 1.165) is 23.3 Å². The summed E-state index contributed by atoms with van der Waals surface area (Å²) in [5.74, 6) is -0.877. The van der Waals surface area contributed by atoms with Crippen molar-refractivity contribution in [3.05, 3.63) is 65.7 Å². The molecule has 154 valence electrons. The maximum Gasteiger partial charge on any atom is 0.325 e. The van der Waals surface area contributed by atoms with E-state index in [9.17, 15) is 14.4 Å². The first-order chi connectivity index (χ1) is 14.5. The molecule has 1 aliphatic heterocycles. The molecule has 1 atom stereocenters.